The molecule has 0 spiro atoms. The van der Waals surface area contributed by atoms with Crippen molar-refractivity contribution < 1.29 is 0 Å². The number of rotatable bonds is 2. The van der Waals surface area contributed by atoms with Crippen molar-refractivity contribution in [2.24, 2.45) is 0 Å². The quantitative estimate of drug-likeness (QED) is 0.755. The first-order chi connectivity index (χ1) is 7.09. The van der Waals surface area contributed by atoms with Gasteiger partial charge in [-0.1, -0.05) is 13.8 Å². The molecule has 15 heavy (non-hydrogen) atoms. The highest BCUT2D eigenvalue weighted by Gasteiger charge is 2.09. The summed E-state index contributed by atoms with van der Waals surface area (Å²) in [6.45, 7) is 8.38. The minimum absolute atomic E-state index is 0.344. The van der Waals surface area contributed by atoms with Crippen LogP contribution in [0.5, 0.6) is 0 Å². The zero-order valence-electron chi connectivity index (χ0n) is 9.60. The first-order valence-corrected chi connectivity index (χ1v) is 5.29. The molecular formula is C11H16N4. The smallest absolute Gasteiger partial charge is 0.131 e. The van der Waals surface area contributed by atoms with Gasteiger partial charge in [-0.15, -0.1) is 0 Å². The van der Waals surface area contributed by atoms with Gasteiger partial charge in [0.2, 0.25) is 0 Å². The second kappa shape index (κ2) is 3.61. The van der Waals surface area contributed by atoms with Crippen LogP contribution in [-0.4, -0.2) is 19.7 Å². The van der Waals surface area contributed by atoms with Gasteiger partial charge in [0.25, 0.3) is 0 Å². The Morgan fingerprint density at radius 1 is 1.13 bits per heavy atom. The van der Waals surface area contributed by atoms with Crippen LogP contribution in [0, 0.1) is 0 Å². The summed E-state index contributed by atoms with van der Waals surface area (Å²) in [5.41, 5.74) is 1.94. The molecule has 4 nitrogen and oxygen atoms in total. The molecule has 0 aliphatic rings. The Morgan fingerprint density at radius 2 is 1.87 bits per heavy atom. The maximum absolute atomic E-state index is 4.48. The van der Waals surface area contributed by atoms with Crippen molar-refractivity contribution in [1.29, 1.82) is 0 Å². The average molecular weight is 204 g/mol. The van der Waals surface area contributed by atoms with Crippen LogP contribution in [-0.2, 0) is 0 Å². The first kappa shape index (κ1) is 10.1. The highest BCUT2D eigenvalue weighted by molar-refractivity contribution is 5.73. The van der Waals surface area contributed by atoms with Gasteiger partial charge in [0.05, 0.1) is 12.4 Å². The van der Waals surface area contributed by atoms with E-state index in [1.165, 1.54) is 0 Å². The maximum Gasteiger partial charge on any atom is 0.131 e. The van der Waals surface area contributed by atoms with Crippen LogP contribution in [0.2, 0.25) is 0 Å². The summed E-state index contributed by atoms with van der Waals surface area (Å²) in [4.78, 5) is 8.83. The molecule has 80 valence electrons. The Labute approximate surface area is 89.3 Å². The molecule has 0 aromatic carbocycles. The third kappa shape index (κ3) is 1.71. The molecule has 2 aromatic heterocycles. The van der Waals surface area contributed by atoms with E-state index in [4.69, 9.17) is 0 Å². The Bertz CT molecular complexity index is 470. The number of hydrogen-bond donors (Lipinski definition) is 0. The molecule has 2 aromatic rings. The van der Waals surface area contributed by atoms with E-state index in [1.54, 1.807) is 0 Å². The number of fused-ring (bicyclic) bond motifs is 1. The van der Waals surface area contributed by atoms with Crippen molar-refractivity contribution in [2.45, 2.75) is 39.7 Å². The zero-order valence-corrected chi connectivity index (χ0v) is 9.60. The molecule has 0 saturated carbocycles. The van der Waals surface area contributed by atoms with Crippen molar-refractivity contribution in [3.63, 3.8) is 0 Å². The standard InChI is InChI=1S/C11H16N4/c1-7(2)11-12-6-10-9(14-11)5-13-15(10)8(3)4/h5-8H,1-4H3. The molecule has 0 aliphatic heterocycles. The van der Waals surface area contributed by atoms with Crippen molar-refractivity contribution in [1.82, 2.24) is 19.7 Å². The summed E-state index contributed by atoms with van der Waals surface area (Å²) in [6, 6.07) is 0.344. The van der Waals surface area contributed by atoms with E-state index in [0.717, 1.165) is 16.9 Å². The summed E-state index contributed by atoms with van der Waals surface area (Å²) < 4.78 is 1.94. The van der Waals surface area contributed by atoms with Gasteiger partial charge < -0.3 is 0 Å². The van der Waals surface area contributed by atoms with Crippen molar-refractivity contribution in [3.8, 4) is 0 Å². The van der Waals surface area contributed by atoms with Crippen LogP contribution in [0.1, 0.15) is 45.5 Å². The van der Waals surface area contributed by atoms with Crippen molar-refractivity contribution >= 4 is 11.0 Å². The second-order valence-electron chi connectivity index (χ2n) is 4.34. The van der Waals surface area contributed by atoms with Crippen LogP contribution in [0.15, 0.2) is 12.4 Å². The lowest BCUT2D eigenvalue weighted by molar-refractivity contribution is 0.550. The summed E-state index contributed by atoms with van der Waals surface area (Å²) in [6.07, 6.45) is 3.67. The van der Waals surface area contributed by atoms with Gasteiger partial charge in [0, 0.05) is 12.0 Å². The van der Waals surface area contributed by atoms with E-state index < -0.39 is 0 Å². The SMILES string of the molecule is CC(C)c1ncc2c(cnn2C(C)C)n1. The van der Waals surface area contributed by atoms with Crippen molar-refractivity contribution in [2.75, 3.05) is 0 Å². The molecule has 0 N–H and O–H groups in total. The lowest BCUT2D eigenvalue weighted by Gasteiger charge is -2.07. The summed E-state index contributed by atoms with van der Waals surface area (Å²) in [5, 5.41) is 4.31. The van der Waals surface area contributed by atoms with Gasteiger partial charge in [-0.2, -0.15) is 5.10 Å². The predicted octanol–water partition coefficient (Wildman–Crippen LogP) is 2.53. The van der Waals surface area contributed by atoms with Gasteiger partial charge in [0.15, 0.2) is 0 Å². The highest BCUT2D eigenvalue weighted by Crippen LogP contribution is 2.17. The van der Waals surface area contributed by atoms with Crippen LogP contribution < -0.4 is 0 Å². The monoisotopic (exact) mass is 204 g/mol. The third-order valence-corrected chi connectivity index (χ3v) is 2.37. The molecule has 2 rings (SSSR count). The molecular weight excluding hydrogens is 188 g/mol. The minimum atomic E-state index is 0.344. The number of aromatic nitrogens is 4. The normalized spacial score (nSPS) is 11.9. The summed E-state index contributed by atoms with van der Waals surface area (Å²) in [5.74, 6) is 1.24. The molecule has 0 unspecified atom stereocenters. The summed E-state index contributed by atoms with van der Waals surface area (Å²) in [7, 11) is 0. The van der Waals surface area contributed by atoms with Gasteiger partial charge in [-0.05, 0) is 13.8 Å². The number of hydrogen-bond acceptors (Lipinski definition) is 3. The lowest BCUT2D eigenvalue weighted by Crippen LogP contribution is -2.03. The zero-order chi connectivity index (χ0) is 11.0. The summed E-state index contributed by atoms with van der Waals surface area (Å²) >= 11 is 0. The van der Waals surface area contributed by atoms with E-state index in [2.05, 4.69) is 42.8 Å². The fraction of sp³-hybridized carbons (Fsp3) is 0.545. The highest BCUT2D eigenvalue weighted by atomic mass is 15.3. The largest absolute Gasteiger partial charge is 0.259 e. The van der Waals surface area contributed by atoms with Crippen LogP contribution in [0.25, 0.3) is 11.0 Å². The molecule has 0 atom stereocenters. The van der Waals surface area contributed by atoms with E-state index in [1.807, 2.05) is 17.1 Å². The predicted molar refractivity (Wildman–Crippen MR) is 59.8 cm³/mol. The molecule has 4 heteroatoms. The van der Waals surface area contributed by atoms with E-state index in [-0.39, 0.29) is 0 Å². The Kier molecular flexibility index (Phi) is 2.42. The minimum Gasteiger partial charge on any atom is -0.259 e. The second-order valence-corrected chi connectivity index (χ2v) is 4.34. The van der Waals surface area contributed by atoms with E-state index in [9.17, 15) is 0 Å². The Morgan fingerprint density at radius 3 is 2.47 bits per heavy atom. The average Bonchev–Trinajstić information content (AvgIpc) is 2.59. The fourth-order valence-corrected chi connectivity index (χ4v) is 1.54. The van der Waals surface area contributed by atoms with Gasteiger partial charge in [0.1, 0.15) is 16.9 Å². The lowest BCUT2D eigenvalue weighted by atomic mass is 10.2. The fourth-order valence-electron chi connectivity index (χ4n) is 1.54. The van der Waals surface area contributed by atoms with Crippen LogP contribution >= 0.6 is 0 Å². The van der Waals surface area contributed by atoms with Crippen LogP contribution in [0.3, 0.4) is 0 Å². The number of nitrogens with zero attached hydrogens (tertiary/aromatic N) is 4. The van der Waals surface area contributed by atoms with Gasteiger partial charge in [-0.25, -0.2) is 9.97 Å². The first-order valence-electron chi connectivity index (χ1n) is 5.29. The molecule has 0 bridgehead atoms. The van der Waals surface area contributed by atoms with E-state index >= 15 is 0 Å². The molecule has 0 fully saturated rings. The molecule has 0 radical (unpaired) electrons. The van der Waals surface area contributed by atoms with Crippen molar-refractivity contribution in [3.05, 3.63) is 18.2 Å². The van der Waals surface area contributed by atoms with Gasteiger partial charge in [-0.3, -0.25) is 4.68 Å². The molecule has 0 amide bonds. The van der Waals surface area contributed by atoms with E-state index in [0.29, 0.717) is 12.0 Å². The molecule has 2 heterocycles. The molecule has 0 aliphatic carbocycles. The van der Waals surface area contributed by atoms with Crippen LogP contribution in [0.4, 0.5) is 0 Å². The Balaban J connectivity index is 2.57. The third-order valence-electron chi connectivity index (χ3n) is 2.37. The maximum atomic E-state index is 4.48. The Hall–Kier alpha value is -1.45. The van der Waals surface area contributed by atoms with Gasteiger partial charge >= 0.3 is 0 Å². The topological polar surface area (TPSA) is 43.6 Å². The molecule has 0 saturated heterocycles.